The predicted molar refractivity (Wildman–Crippen MR) is 111 cm³/mol. The Bertz CT molecular complexity index is 770. The first kappa shape index (κ1) is 19.2. The van der Waals surface area contributed by atoms with Gasteiger partial charge in [0.2, 0.25) is 0 Å². The average Bonchev–Trinajstić information content (AvgIpc) is 2.73. The summed E-state index contributed by atoms with van der Waals surface area (Å²) in [5.74, 6) is 0.815. The monoisotopic (exact) mass is 363 g/mol. The lowest BCUT2D eigenvalue weighted by Gasteiger charge is -2.22. The number of benzene rings is 1. The van der Waals surface area contributed by atoms with Crippen LogP contribution in [0.5, 0.6) is 0 Å². The van der Waals surface area contributed by atoms with E-state index >= 15 is 0 Å². The fraction of sp³-hybridized carbons (Fsp3) is 0.391. The third kappa shape index (κ3) is 5.68. The van der Waals surface area contributed by atoms with Crippen molar-refractivity contribution in [2.45, 2.75) is 45.6 Å². The molecule has 0 atom stereocenters. The summed E-state index contributed by atoms with van der Waals surface area (Å²) in [7, 11) is 0. The molecule has 1 amide bonds. The number of allylic oxidation sites excluding steroid dienone is 1. The van der Waals surface area contributed by atoms with Gasteiger partial charge in [-0.15, -0.1) is 0 Å². The van der Waals surface area contributed by atoms with E-state index in [9.17, 15) is 4.79 Å². The molecule has 1 aromatic carbocycles. The van der Waals surface area contributed by atoms with Gasteiger partial charge in [-0.05, 0) is 56.7 Å². The minimum atomic E-state index is -0.0224. The van der Waals surface area contributed by atoms with E-state index in [1.54, 1.807) is 12.3 Å². The van der Waals surface area contributed by atoms with Crippen LogP contribution in [0.15, 0.2) is 60.3 Å². The Kier molecular flexibility index (Phi) is 7.03. The molecule has 4 heteroatoms. The molecule has 0 saturated heterocycles. The van der Waals surface area contributed by atoms with Crippen LogP contribution >= 0.6 is 0 Å². The van der Waals surface area contributed by atoms with Gasteiger partial charge in [0.1, 0.15) is 5.82 Å². The van der Waals surface area contributed by atoms with Crippen LogP contribution < -0.4 is 10.2 Å². The lowest BCUT2D eigenvalue weighted by molar-refractivity contribution is 0.0954. The SMILES string of the molecule is CCN(Cc1ccccc1)c1cc(C(=O)NCCC2=CCCCC2)ccn1. The maximum Gasteiger partial charge on any atom is 0.251 e. The van der Waals surface area contributed by atoms with Crippen LogP contribution in [0.1, 0.15) is 54.9 Å². The van der Waals surface area contributed by atoms with E-state index in [2.05, 4.69) is 40.3 Å². The summed E-state index contributed by atoms with van der Waals surface area (Å²) in [6, 6.07) is 14.0. The third-order valence-electron chi connectivity index (χ3n) is 5.05. The Balaban J connectivity index is 1.59. The van der Waals surface area contributed by atoms with Crippen molar-refractivity contribution in [2.24, 2.45) is 0 Å². The fourth-order valence-electron chi connectivity index (χ4n) is 3.46. The number of nitrogens with zero attached hydrogens (tertiary/aromatic N) is 2. The maximum atomic E-state index is 12.5. The summed E-state index contributed by atoms with van der Waals surface area (Å²) in [6.07, 6.45) is 9.96. The zero-order valence-corrected chi connectivity index (χ0v) is 16.2. The lowest BCUT2D eigenvalue weighted by atomic mass is 9.97. The maximum absolute atomic E-state index is 12.5. The molecule has 0 unspecified atom stereocenters. The van der Waals surface area contributed by atoms with E-state index < -0.39 is 0 Å². The van der Waals surface area contributed by atoms with Crippen LogP contribution in [-0.2, 0) is 6.54 Å². The molecule has 1 aromatic heterocycles. The quantitative estimate of drug-likeness (QED) is 0.690. The first-order chi connectivity index (χ1) is 13.3. The number of rotatable bonds is 8. The van der Waals surface area contributed by atoms with Crippen molar-refractivity contribution < 1.29 is 4.79 Å². The first-order valence-electron chi connectivity index (χ1n) is 9.97. The molecule has 0 fully saturated rings. The minimum Gasteiger partial charge on any atom is -0.353 e. The number of hydrogen-bond donors (Lipinski definition) is 1. The van der Waals surface area contributed by atoms with Gasteiger partial charge in [0.15, 0.2) is 0 Å². The molecule has 1 N–H and O–H groups in total. The van der Waals surface area contributed by atoms with Gasteiger partial charge in [-0.3, -0.25) is 4.79 Å². The van der Waals surface area contributed by atoms with E-state index in [4.69, 9.17) is 0 Å². The predicted octanol–water partition coefficient (Wildman–Crippen LogP) is 4.73. The van der Waals surface area contributed by atoms with Gasteiger partial charge in [-0.1, -0.05) is 42.0 Å². The molecule has 27 heavy (non-hydrogen) atoms. The molecule has 1 aliphatic carbocycles. The fourth-order valence-corrected chi connectivity index (χ4v) is 3.46. The highest BCUT2D eigenvalue weighted by Crippen LogP contribution is 2.20. The molecule has 0 aliphatic heterocycles. The summed E-state index contributed by atoms with van der Waals surface area (Å²) in [5, 5.41) is 3.05. The summed E-state index contributed by atoms with van der Waals surface area (Å²) in [5.41, 5.74) is 3.39. The second kappa shape index (κ2) is 9.91. The van der Waals surface area contributed by atoms with Gasteiger partial charge >= 0.3 is 0 Å². The number of nitrogens with one attached hydrogen (secondary N) is 1. The number of anilines is 1. The largest absolute Gasteiger partial charge is 0.353 e. The van der Waals surface area contributed by atoms with Crippen LogP contribution in [-0.4, -0.2) is 24.0 Å². The molecule has 0 saturated carbocycles. The zero-order chi connectivity index (χ0) is 18.9. The highest BCUT2D eigenvalue weighted by atomic mass is 16.1. The second-order valence-corrected chi connectivity index (χ2v) is 7.02. The molecule has 0 bridgehead atoms. The van der Waals surface area contributed by atoms with Crippen LogP contribution in [0.4, 0.5) is 5.82 Å². The van der Waals surface area contributed by atoms with Crippen LogP contribution in [0.2, 0.25) is 0 Å². The van der Waals surface area contributed by atoms with Crippen molar-refractivity contribution in [3.63, 3.8) is 0 Å². The Morgan fingerprint density at radius 1 is 1.19 bits per heavy atom. The van der Waals surface area contributed by atoms with Gasteiger partial charge in [-0.2, -0.15) is 0 Å². The molecule has 2 aromatic rings. The molecule has 4 nitrogen and oxygen atoms in total. The van der Waals surface area contributed by atoms with E-state index in [1.165, 1.54) is 36.8 Å². The number of carbonyl (C=O) groups is 1. The normalized spacial score (nSPS) is 13.7. The number of aromatic nitrogens is 1. The molecule has 1 heterocycles. The Hall–Kier alpha value is -2.62. The molecular formula is C23H29N3O. The smallest absolute Gasteiger partial charge is 0.251 e. The zero-order valence-electron chi connectivity index (χ0n) is 16.2. The molecule has 3 rings (SSSR count). The molecule has 1 aliphatic rings. The molecule has 142 valence electrons. The summed E-state index contributed by atoms with van der Waals surface area (Å²) < 4.78 is 0. The van der Waals surface area contributed by atoms with Crippen LogP contribution in [0.3, 0.4) is 0 Å². The Morgan fingerprint density at radius 2 is 2.04 bits per heavy atom. The number of carbonyl (C=O) groups excluding carboxylic acids is 1. The Morgan fingerprint density at radius 3 is 2.78 bits per heavy atom. The number of hydrogen-bond acceptors (Lipinski definition) is 3. The lowest BCUT2D eigenvalue weighted by Crippen LogP contribution is -2.26. The topological polar surface area (TPSA) is 45.2 Å². The van der Waals surface area contributed by atoms with E-state index in [1.807, 2.05) is 24.3 Å². The summed E-state index contributed by atoms with van der Waals surface area (Å²) >= 11 is 0. The van der Waals surface area contributed by atoms with Gasteiger partial charge in [-0.25, -0.2) is 4.98 Å². The third-order valence-corrected chi connectivity index (χ3v) is 5.05. The highest BCUT2D eigenvalue weighted by molar-refractivity contribution is 5.94. The number of amides is 1. The first-order valence-corrected chi connectivity index (χ1v) is 9.97. The average molecular weight is 364 g/mol. The van der Waals surface area contributed by atoms with Gasteiger partial charge in [0.05, 0.1) is 0 Å². The van der Waals surface area contributed by atoms with Gasteiger partial charge in [0.25, 0.3) is 5.91 Å². The van der Waals surface area contributed by atoms with Crippen LogP contribution in [0.25, 0.3) is 0 Å². The van der Waals surface area contributed by atoms with Crippen molar-refractivity contribution in [3.8, 4) is 0 Å². The minimum absolute atomic E-state index is 0.0224. The number of pyridine rings is 1. The van der Waals surface area contributed by atoms with E-state index in [-0.39, 0.29) is 5.91 Å². The molecule has 0 spiro atoms. The van der Waals surface area contributed by atoms with Crippen molar-refractivity contribution in [1.29, 1.82) is 0 Å². The molecular weight excluding hydrogens is 334 g/mol. The summed E-state index contributed by atoms with van der Waals surface area (Å²) in [6.45, 7) is 4.42. The van der Waals surface area contributed by atoms with E-state index in [0.29, 0.717) is 12.1 Å². The van der Waals surface area contributed by atoms with Crippen molar-refractivity contribution in [3.05, 3.63) is 71.4 Å². The Labute approximate surface area is 162 Å². The van der Waals surface area contributed by atoms with Crippen molar-refractivity contribution in [2.75, 3.05) is 18.0 Å². The van der Waals surface area contributed by atoms with Crippen molar-refractivity contribution in [1.82, 2.24) is 10.3 Å². The van der Waals surface area contributed by atoms with Crippen molar-refractivity contribution >= 4 is 11.7 Å². The van der Waals surface area contributed by atoms with Crippen LogP contribution in [0, 0.1) is 0 Å². The highest BCUT2D eigenvalue weighted by Gasteiger charge is 2.12. The summed E-state index contributed by atoms with van der Waals surface area (Å²) in [4.78, 5) is 19.2. The van der Waals surface area contributed by atoms with E-state index in [0.717, 1.165) is 25.3 Å². The van der Waals surface area contributed by atoms with Gasteiger partial charge < -0.3 is 10.2 Å². The second-order valence-electron chi connectivity index (χ2n) is 7.02. The molecule has 0 radical (unpaired) electrons. The van der Waals surface area contributed by atoms with Gasteiger partial charge in [0, 0.05) is 31.4 Å². The standard InChI is InChI=1S/C23H29N3O/c1-2-26(18-20-11-7-4-8-12-20)22-17-21(14-16-24-22)23(27)25-15-13-19-9-5-3-6-10-19/h4,7-9,11-12,14,16-17H,2-3,5-6,10,13,15,18H2,1H3,(H,25,27).